The van der Waals surface area contributed by atoms with Crippen molar-refractivity contribution in [3.05, 3.63) is 70.8 Å². The number of rotatable bonds is 7. The molecule has 7 nitrogen and oxygen atoms in total. The number of ether oxygens (including phenoxy) is 3. The zero-order chi connectivity index (χ0) is 30.2. The molecule has 1 aliphatic carbocycles. The molecule has 0 atom stereocenters. The molecule has 0 radical (unpaired) electrons. The first-order valence-electron chi connectivity index (χ1n) is 14.7. The molecular formula is C35H39NO6. The fourth-order valence-electron chi connectivity index (χ4n) is 6.15. The Hall–Kier alpha value is -4.13. The minimum Gasteiger partial charge on any atom is -0.497 e. The average Bonchev–Trinajstić information content (AvgIpc) is 3.18. The molecule has 2 aromatic carbocycles. The number of methoxy groups -OCH3 is 1. The monoisotopic (exact) mass is 569 g/mol. The van der Waals surface area contributed by atoms with Crippen molar-refractivity contribution < 1.29 is 28.6 Å². The molecule has 1 saturated carbocycles. The first kappa shape index (κ1) is 29.4. The summed E-state index contributed by atoms with van der Waals surface area (Å²) in [7, 11) is 1.61. The number of esters is 2. The van der Waals surface area contributed by atoms with Gasteiger partial charge in [0.25, 0.3) is 0 Å². The van der Waals surface area contributed by atoms with Crippen LogP contribution in [0.1, 0.15) is 87.2 Å². The Kier molecular flexibility index (Phi) is 8.13. The Labute approximate surface area is 247 Å². The van der Waals surface area contributed by atoms with E-state index < -0.39 is 23.3 Å². The molecule has 2 heterocycles. The molecule has 7 heteroatoms. The molecule has 1 fully saturated rings. The highest BCUT2D eigenvalue weighted by atomic mass is 16.6. The minimum absolute atomic E-state index is 0.148. The molecule has 0 spiro atoms. The zero-order valence-corrected chi connectivity index (χ0v) is 25.2. The Bertz CT molecular complexity index is 1610. The highest BCUT2D eigenvalue weighted by Gasteiger charge is 2.32. The first-order chi connectivity index (χ1) is 20.0. The highest BCUT2D eigenvalue weighted by Crippen LogP contribution is 2.47. The standard InChI is InChI=1S/C35H39NO6/c1-7-41-33(38)21(2)32(37)25-17-24-18-26(40-6)14-16-27(24)31-30(22-11-9-8-10-12-22)28-15-13-23(19-29(28)36(31)20-25)34(39)42-35(3,4)5/h13-19,22H,2,7-12,20H2,1,3-6H3. The van der Waals surface area contributed by atoms with Crippen molar-refractivity contribution in [3.63, 3.8) is 0 Å². The van der Waals surface area contributed by atoms with Crippen LogP contribution in [0, 0.1) is 0 Å². The molecular weight excluding hydrogens is 530 g/mol. The summed E-state index contributed by atoms with van der Waals surface area (Å²) in [5.41, 5.74) is 4.89. The van der Waals surface area contributed by atoms with Gasteiger partial charge in [0.2, 0.25) is 0 Å². The van der Waals surface area contributed by atoms with E-state index in [1.54, 1.807) is 14.0 Å². The van der Waals surface area contributed by atoms with Crippen molar-refractivity contribution in [2.75, 3.05) is 13.7 Å². The molecule has 0 N–H and O–H groups in total. The SMILES string of the molecule is C=C(C(=O)OCC)C(=O)C1=Cc2cc(OC)ccc2-c2c(C3CCCCC3)c3ccc(C(=O)OC(C)(C)C)cc3n2C1. The van der Waals surface area contributed by atoms with Gasteiger partial charge in [0, 0.05) is 22.0 Å². The molecule has 0 saturated heterocycles. The van der Waals surface area contributed by atoms with Crippen molar-refractivity contribution in [1.82, 2.24) is 4.57 Å². The summed E-state index contributed by atoms with van der Waals surface area (Å²) in [6, 6.07) is 11.6. The smallest absolute Gasteiger partial charge is 0.341 e. The van der Waals surface area contributed by atoms with Crippen molar-refractivity contribution in [3.8, 4) is 17.0 Å². The number of Topliss-reactive ketones (excluding diaryl/α,β-unsaturated/α-hetero) is 1. The largest absolute Gasteiger partial charge is 0.497 e. The maximum atomic E-state index is 13.7. The fourth-order valence-corrected chi connectivity index (χ4v) is 6.15. The number of carbonyl (C=O) groups excluding carboxylic acids is 3. The lowest BCUT2D eigenvalue weighted by atomic mass is 9.81. The molecule has 2 aliphatic rings. The van der Waals surface area contributed by atoms with Gasteiger partial charge in [0.15, 0.2) is 5.78 Å². The van der Waals surface area contributed by atoms with Gasteiger partial charge in [-0.1, -0.05) is 31.9 Å². The van der Waals surface area contributed by atoms with Gasteiger partial charge >= 0.3 is 11.9 Å². The predicted molar refractivity (Wildman–Crippen MR) is 164 cm³/mol. The van der Waals surface area contributed by atoms with Gasteiger partial charge in [-0.25, -0.2) is 9.59 Å². The minimum atomic E-state index is -0.730. The number of allylic oxidation sites excluding steroid dienone is 1. The van der Waals surface area contributed by atoms with Crippen LogP contribution in [0.5, 0.6) is 5.75 Å². The van der Waals surface area contributed by atoms with E-state index in [2.05, 4.69) is 11.1 Å². The maximum absolute atomic E-state index is 13.7. The second kappa shape index (κ2) is 11.6. The van der Waals surface area contributed by atoms with E-state index in [0.717, 1.165) is 53.4 Å². The fraction of sp³-hybridized carbons (Fsp3) is 0.400. The van der Waals surface area contributed by atoms with E-state index in [1.165, 1.54) is 12.0 Å². The number of fused-ring (bicyclic) bond motifs is 5. The average molecular weight is 570 g/mol. The number of hydrogen-bond donors (Lipinski definition) is 0. The summed E-state index contributed by atoms with van der Waals surface area (Å²) < 4.78 is 18.5. The molecule has 3 aromatic rings. The summed E-state index contributed by atoms with van der Waals surface area (Å²) in [6.07, 6.45) is 7.50. The quantitative estimate of drug-likeness (QED) is 0.128. The topological polar surface area (TPSA) is 83.8 Å². The normalized spacial score (nSPS) is 15.2. The molecule has 0 amide bonds. The van der Waals surface area contributed by atoms with Crippen molar-refractivity contribution in [2.45, 2.75) is 77.9 Å². The third kappa shape index (κ3) is 5.65. The van der Waals surface area contributed by atoms with Gasteiger partial charge in [0.05, 0.1) is 31.5 Å². The Balaban J connectivity index is 1.76. The Morgan fingerprint density at radius 2 is 1.76 bits per heavy atom. The van der Waals surface area contributed by atoms with Crippen LogP contribution in [-0.4, -0.2) is 41.6 Å². The lowest BCUT2D eigenvalue weighted by Gasteiger charge is -2.24. The Morgan fingerprint density at radius 3 is 2.43 bits per heavy atom. The lowest BCUT2D eigenvalue weighted by Crippen LogP contribution is -2.23. The van der Waals surface area contributed by atoms with E-state index in [9.17, 15) is 14.4 Å². The summed E-state index contributed by atoms with van der Waals surface area (Å²) in [4.78, 5) is 39.4. The third-order valence-corrected chi connectivity index (χ3v) is 8.01. The maximum Gasteiger partial charge on any atom is 0.341 e. The number of benzene rings is 2. The molecule has 42 heavy (non-hydrogen) atoms. The zero-order valence-electron chi connectivity index (χ0n) is 25.2. The number of ketones is 1. The molecule has 1 aromatic heterocycles. The van der Waals surface area contributed by atoms with Gasteiger partial charge in [-0.05, 0) is 94.0 Å². The first-order valence-corrected chi connectivity index (χ1v) is 14.7. The molecule has 0 bridgehead atoms. The van der Waals surface area contributed by atoms with Crippen LogP contribution >= 0.6 is 0 Å². The van der Waals surface area contributed by atoms with E-state index in [4.69, 9.17) is 14.2 Å². The number of hydrogen-bond acceptors (Lipinski definition) is 6. The van der Waals surface area contributed by atoms with Crippen LogP contribution < -0.4 is 4.74 Å². The number of nitrogens with zero attached hydrogens (tertiary/aromatic N) is 1. The predicted octanol–water partition coefficient (Wildman–Crippen LogP) is 7.41. The Morgan fingerprint density at radius 1 is 1.02 bits per heavy atom. The van der Waals surface area contributed by atoms with Crippen molar-refractivity contribution in [1.29, 1.82) is 0 Å². The molecule has 5 rings (SSSR count). The van der Waals surface area contributed by atoms with E-state index in [-0.39, 0.29) is 18.7 Å². The van der Waals surface area contributed by atoms with Gasteiger partial charge in [-0.3, -0.25) is 4.79 Å². The van der Waals surface area contributed by atoms with Crippen LogP contribution in [0.25, 0.3) is 28.2 Å². The number of carbonyl (C=O) groups is 3. The van der Waals surface area contributed by atoms with Gasteiger partial charge in [-0.2, -0.15) is 0 Å². The van der Waals surface area contributed by atoms with Crippen LogP contribution in [0.3, 0.4) is 0 Å². The second-order valence-electron chi connectivity index (χ2n) is 12.1. The lowest BCUT2D eigenvalue weighted by molar-refractivity contribution is -0.139. The van der Waals surface area contributed by atoms with Gasteiger partial charge in [-0.15, -0.1) is 0 Å². The number of aromatic nitrogens is 1. The molecule has 0 unspecified atom stereocenters. The molecule has 220 valence electrons. The highest BCUT2D eigenvalue weighted by molar-refractivity contribution is 6.25. The second-order valence-corrected chi connectivity index (χ2v) is 12.1. The third-order valence-electron chi connectivity index (χ3n) is 8.01. The van der Waals surface area contributed by atoms with Crippen LogP contribution in [0.4, 0.5) is 0 Å². The van der Waals surface area contributed by atoms with Crippen LogP contribution in [0.15, 0.2) is 54.1 Å². The summed E-state index contributed by atoms with van der Waals surface area (Å²) >= 11 is 0. The summed E-state index contributed by atoms with van der Waals surface area (Å²) in [5.74, 6) is -0.602. The van der Waals surface area contributed by atoms with Crippen LogP contribution in [-0.2, 0) is 25.6 Å². The van der Waals surface area contributed by atoms with E-state index in [0.29, 0.717) is 22.8 Å². The summed E-state index contributed by atoms with van der Waals surface area (Å²) in [6.45, 7) is 11.4. The van der Waals surface area contributed by atoms with Gasteiger partial charge < -0.3 is 18.8 Å². The summed E-state index contributed by atoms with van der Waals surface area (Å²) in [5, 5.41) is 1.06. The van der Waals surface area contributed by atoms with E-state index in [1.807, 2.05) is 63.2 Å². The van der Waals surface area contributed by atoms with Crippen LogP contribution in [0.2, 0.25) is 0 Å². The van der Waals surface area contributed by atoms with Crippen molar-refractivity contribution in [2.24, 2.45) is 0 Å². The van der Waals surface area contributed by atoms with Gasteiger partial charge in [0.1, 0.15) is 16.9 Å². The van der Waals surface area contributed by atoms with Crippen molar-refractivity contribution >= 4 is 34.7 Å². The van der Waals surface area contributed by atoms with E-state index >= 15 is 0 Å². The molecule has 1 aliphatic heterocycles.